The molecule has 0 spiro atoms. The smallest absolute Gasteiger partial charge is 0.242 e. The van der Waals surface area contributed by atoms with E-state index >= 15 is 0 Å². The summed E-state index contributed by atoms with van der Waals surface area (Å²) in [6.45, 7) is 2.10. The Kier molecular flexibility index (Phi) is 6.02. The third kappa shape index (κ3) is 4.37. The maximum atomic E-state index is 12.7. The molecule has 0 radical (unpaired) electrons. The van der Waals surface area contributed by atoms with Gasteiger partial charge in [0.05, 0.1) is 5.75 Å². The minimum atomic E-state index is 0.00229. The molecule has 1 fully saturated rings. The van der Waals surface area contributed by atoms with Crippen LogP contribution in [0.1, 0.15) is 25.7 Å². The fourth-order valence-corrected chi connectivity index (χ4v) is 4.20. The number of nitrogens with zero attached hydrogens (tertiary/aromatic N) is 2. The average Bonchev–Trinajstić information content (AvgIpc) is 2.81. The maximum absolute atomic E-state index is 12.7. The molecule has 1 aliphatic heterocycles. The summed E-state index contributed by atoms with van der Waals surface area (Å²) in [5, 5.41) is 3.74. The molecule has 0 bridgehead atoms. The number of fused-ring (bicyclic) bond motifs is 1. The zero-order valence-electron chi connectivity index (χ0n) is 14.7. The predicted octanol–water partition coefficient (Wildman–Crippen LogP) is 2.88. The summed E-state index contributed by atoms with van der Waals surface area (Å²) in [5.41, 5.74) is 1.05. The lowest BCUT2D eigenvalue weighted by Crippen LogP contribution is -2.34. The summed E-state index contributed by atoms with van der Waals surface area (Å²) in [5.74, 6) is 0.567. The summed E-state index contributed by atoms with van der Waals surface area (Å²) in [6, 6.07) is 8.07. The number of para-hydroxylation sites is 1. The summed E-state index contributed by atoms with van der Waals surface area (Å²) in [4.78, 5) is 27.3. The monoisotopic (exact) mass is 359 g/mol. The highest BCUT2D eigenvalue weighted by molar-refractivity contribution is 8.00. The summed E-state index contributed by atoms with van der Waals surface area (Å²) in [7, 11) is 1.64. The van der Waals surface area contributed by atoms with Crippen molar-refractivity contribution in [2.24, 2.45) is 0 Å². The van der Waals surface area contributed by atoms with E-state index in [4.69, 9.17) is 0 Å². The molecule has 134 valence electrons. The minimum Gasteiger partial charge on any atom is -0.358 e. The number of likely N-dealkylation sites (tertiary alicyclic amines) is 1. The zero-order valence-corrected chi connectivity index (χ0v) is 15.5. The van der Waals surface area contributed by atoms with Gasteiger partial charge in [-0.25, -0.2) is 0 Å². The first kappa shape index (κ1) is 17.9. The van der Waals surface area contributed by atoms with Crippen LogP contribution in [0.15, 0.2) is 35.4 Å². The van der Waals surface area contributed by atoms with Crippen molar-refractivity contribution in [3.8, 4) is 0 Å². The van der Waals surface area contributed by atoms with Gasteiger partial charge in [-0.1, -0.05) is 31.0 Å². The van der Waals surface area contributed by atoms with Gasteiger partial charge in [-0.05, 0) is 18.9 Å². The van der Waals surface area contributed by atoms with Gasteiger partial charge in [-0.15, -0.1) is 11.8 Å². The first-order valence-electron chi connectivity index (χ1n) is 8.88. The van der Waals surface area contributed by atoms with Gasteiger partial charge in [-0.2, -0.15) is 0 Å². The van der Waals surface area contributed by atoms with Crippen LogP contribution in [0, 0.1) is 0 Å². The van der Waals surface area contributed by atoms with Gasteiger partial charge in [0.2, 0.25) is 11.8 Å². The van der Waals surface area contributed by atoms with Crippen molar-refractivity contribution in [3.05, 3.63) is 30.5 Å². The highest BCUT2D eigenvalue weighted by Crippen LogP contribution is 2.30. The van der Waals surface area contributed by atoms with E-state index in [9.17, 15) is 9.59 Å². The normalized spacial score (nSPS) is 15.2. The molecule has 6 heteroatoms. The third-order valence-electron chi connectivity index (χ3n) is 4.65. The molecule has 0 atom stereocenters. The number of rotatable bonds is 5. The molecule has 1 aliphatic rings. The van der Waals surface area contributed by atoms with Crippen LogP contribution < -0.4 is 5.32 Å². The lowest BCUT2D eigenvalue weighted by molar-refractivity contribution is -0.131. The van der Waals surface area contributed by atoms with E-state index in [-0.39, 0.29) is 11.8 Å². The average molecular weight is 359 g/mol. The highest BCUT2D eigenvalue weighted by atomic mass is 32.2. The number of thioether (sulfide) groups is 1. The van der Waals surface area contributed by atoms with Gasteiger partial charge in [0, 0.05) is 42.1 Å². The third-order valence-corrected chi connectivity index (χ3v) is 5.70. The lowest BCUT2D eigenvalue weighted by atomic mass is 10.2. The quantitative estimate of drug-likeness (QED) is 0.835. The molecule has 1 saturated heterocycles. The van der Waals surface area contributed by atoms with E-state index in [0.717, 1.165) is 41.7 Å². The lowest BCUT2D eigenvalue weighted by Gasteiger charge is -2.20. The van der Waals surface area contributed by atoms with Crippen molar-refractivity contribution in [3.63, 3.8) is 0 Å². The van der Waals surface area contributed by atoms with E-state index in [2.05, 4.69) is 11.4 Å². The number of benzene rings is 1. The standard InChI is InChI=1S/C19H25N3O2S/c1-20-18(23)14-25-17-12-22(16-9-5-4-8-15(16)17)13-19(24)21-10-6-2-3-7-11-21/h4-5,8-9,12H,2-3,6-7,10-11,13-14H2,1H3,(H,20,23). The van der Waals surface area contributed by atoms with Gasteiger partial charge in [0.15, 0.2) is 0 Å². The number of nitrogens with one attached hydrogen (secondary N) is 1. The summed E-state index contributed by atoms with van der Waals surface area (Å²) < 4.78 is 2.02. The predicted molar refractivity (Wildman–Crippen MR) is 102 cm³/mol. The van der Waals surface area contributed by atoms with Gasteiger partial charge in [0.25, 0.3) is 0 Å². The number of hydrogen-bond acceptors (Lipinski definition) is 3. The topological polar surface area (TPSA) is 54.3 Å². The minimum absolute atomic E-state index is 0.00229. The molecule has 2 amide bonds. The Morgan fingerprint density at radius 3 is 2.56 bits per heavy atom. The Labute approximate surface area is 152 Å². The van der Waals surface area contributed by atoms with E-state index < -0.39 is 0 Å². The molecule has 1 aromatic heterocycles. The molecule has 3 rings (SSSR count). The zero-order chi connectivity index (χ0) is 17.6. The van der Waals surface area contributed by atoms with E-state index in [1.54, 1.807) is 7.05 Å². The van der Waals surface area contributed by atoms with E-state index in [1.165, 1.54) is 24.6 Å². The van der Waals surface area contributed by atoms with Crippen molar-refractivity contribution in [1.29, 1.82) is 0 Å². The van der Waals surface area contributed by atoms with Crippen molar-refractivity contribution < 1.29 is 9.59 Å². The van der Waals surface area contributed by atoms with Crippen LogP contribution in [-0.4, -0.2) is 47.2 Å². The van der Waals surface area contributed by atoms with Crippen LogP contribution in [0.25, 0.3) is 10.9 Å². The second-order valence-electron chi connectivity index (χ2n) is 6.40. The number of amides is 2. The van der Waals surface area contributed by atoms with Crippen LogP contribution in [0.4, 0.5) is 0 Å². The molecule has 5 nitrogen and oxygen atoms in total. The Hall–Kier alpha value is -1.95. The fourth-order valence-electron chi connectivity index (χ4n) is 3.24. The van der Waals surface area contributed by atoms with Crippen molar-refractivity contribution in [2.75, 3.05) is 25.9 Å². The van der Waals surface area contributed by atoms with Crippen molar-refractivity contribution in [2.45, 2.75) is 37.1 Å². The number of hydrogen-bond donors (Lipinski definition) is 1. The van der Waals surface area contributed by atoms with Crippen LogP contribution in [0.3, 0.4) is 0 Å². The van der Waals surface area contributed by atoms with Gasteiger partial charge >= 0.3 is 0 Å². The Morgan fingerprint density at radius 1 is 1.12 bits per heavy atom. The Morgan fingerprint density at radius 2 is 1.84 bits per heavy atom. The van der Waals surface area contributed by atoms with E-state index in [0.29, 0.717) is 12.3 Å². The first-order valence-corrected chi connectivity index (χ1v) is 9.86. The number of carbonyl (C=O) groups is 2. The molecule has 2 aromatic rings. The van der Waals surface area contributed by atoms with Crippen LogP contribution in [0.5, 0.6) is 0 Å². The van der Waals surface area contributed by atoms with Gasteiger partial charge in [0.1, 0.15) is 6.54 Å². The second kappa shape index (κ2) is 8.43. The molecule has 25 heavy (non-hydrogen) atoms. The maximum Gasteiger partial charge on any atom is 0.242 e. The van der Waals surface area contributed by atoms with Crippen molar-refractivity contribution >= 4 is 34.5 Å². The molecule has 0 aliphatic carbocycles. The summed E-state index contributed by atoms with van der Waals surface area (Å²) in [6.07, 6.45) is 6.65. The molecular weight excluding hydrogens is 334 g/mol. The summed E-state index contributed by atoms with van der Waals surface area (Å²) >= 11 is 1.51. The van der Waals surface area contributed by atoms with Gasteiger partial charge in [-0.3, -0.25) is 9.59 Å². The SMILES string of the molecule is CNC(=O)CSc1cn(CC(=O)N2CCCCCC2)c2ccccc12. The number of aromatic nitrogens is 1. The molecule has 2 heterocycles. The molecule has 1 aromatic carbocycles. The van der Waals surface area contributed by atoms with Gasteiger partial charge < -0.3 is 14.8 Å². The molecule has 0 unspecified atom stereocenters. The van der Waals surface area contributed by atoms with E-state index in [1.807, 2.05) is 33.9 Å². The Bertz CT molecular complexity index is 748. The fraction of sp³-hybridized carbons (Fsp3) is 0.474. The van der Waals surface area contributed by atoms with Crippen LogP contribution in [0.2, 0.25) is 0 Å². The number of carbonyl (C=O) groups excluding carboxylic acids is 2. The first-order chi connectivity index (χ1) is 12.2. The van der Waals surface area contributed by atoms with Crippen LogP contribution in [-0.2, 0) is 16.1 Å². The highest BCUT2D eigenvalue weighted by Gasteiger charge is 2.18. The van der Waals surface area contributed by atoms with Crippen molar-refractivity contribution in [1.82, 2.24) is 14.8 Å². The largest absolute Gasteiger partial charge is 0.358 e. The molecule has 1 N–H and O–H groups in total. The molecular formula is C19H25N3O2S. The second-order valence-corrected chi connectivity index (χ2v) is 7.41. The Balaban J connectivity index is 1.78. The molecule has 0 saturated carbocycles. The van der Waals surface area contributed by atoms with Crippen LogP contribution >= 0.6 is 11.8 Å².